The zero-order valence-corrected chi connectivity index (χ0v) is 7.68. The molecule has 1 unspecified atom stereocenters. The molecule has 2 heteroatoms. The van der Waals surface area contributed by atoms with Crippen LogP contribution in [0.5, 0.6) is 0 Å². The summed E-state index contributed by atoms with van der Waals surface area (Å²) in [4.78, 5) is 2.22. The summed E-state index contributed by atoms with van der Waals surface area (Å²) in [5.74, 6) is 0. The minimum Gasteiger partial charge on any atom is -0.378 e. The van der Waals surface area contributed by atoms with E-state index in [0.29, 0.717) is 6.10 Å². The van der Waals surface area contributed by atoms with Crippen molar-refractivity contribution in [2.45, 2.75) is 31.8 Å². The van der Waals surface area contributed by atoms with Crippen molar-refractivity contribution in [3.8, 4) is 0 Å². The average Bonchev–Trinajstić information content (AvgIpc) is 2.03. The minimum absolute atomic E-state index is 0.547. The van der Waals surface area contributed by atoms with Crippen LogP contribution in [0.2, 0.25) is 0 Å². The highest BCUT2D eigenvalue weighted by molar-refractivity contribution is 4.64. The second-order valence-electron chi connectivity index (χ2n) is 3.58. The van der Waals surface area contributed by atoms with Crippen LogP contribution in [0, 0.1) is 0 Å². The molecule has 2 nitrogen and oxygen atoms in total. The zero-order valence-electron chi connectivity index (χ0n) is 7.68. The second-order valence-corrected chi connectivity index (χ2v) is 3.58. The van der Waals surface area contributed by atoms with Crippen LogP contribution in [-0.2, 0) is 4.74 Å². The van der Waals surface area contributed by atoms with Crippen molar-refractivity contribution in [1.29, 1.82) is 0 Å². The maximum atomic E-state index is 5.60. The molecule has 0 amide bonds. The molecule has 11 heavy (non-hydrogen) atoms. The van der Waals surface area contributed by atoms with Gasteiger partial charge in [0, 0.05) is 6.61 Å². The van der Waals surface area contributed by atoms with Crippen molar-refractivity contribution in [3.63, 3.8) is 0 Å². The molecular weight excluding hydrogens is 138 g/mol. The maximum absolute atomic E-state index is 5.60. The third-order valence-corrected chi connectivity index (χ3v) is 2.17. The Kier molecular flexibility index (Phi) is 3.87. The number of nitrogens with zero attached hydrogens (tertiary/aromatic N) is 1. The molecule has 1 atom stereocenters. The smallest absolute Gasteiger partial charge is 0.0587 e. The summed E-state index contributed by atoms with van der Waals surface area (Å²) < 4.78 is 5.60. The van der Waals surface area contributed by atoms with Crippen LogP contribution < -0.4 is 0 Å². The van der Waals surface area contributed by atoms with Gasteiger partial charge in [-0.15, -0.1) is 0 Å². The summed E-state index contributed by atoms with van der Waals surface area (Å²) in [7, 11) is 4.23. The highest BCUT2D eigenvalue weighted by Crippen LogP contribution is 2.15. The Hall–Kier alpha value is -0.0800. The van der Waals surface area contributed by atoms with Gasteiger partial charge in [-0.2, -0.15) is 0 Å². The zero-order chi connectivity index (χ0) is 8.10. The molecule has 0 saturated carbocycles. The molecule has 1 aliphatic heterocycles. The summed E-state index contributed by atoms with van der Waals surface area (Å²) in [6.07, 6.45) is 5.64. The maximum Gasteiger partial charge on any atom is 0.0587 e. The molecule has 0 spiro atoms. The van der Waals surface area contributed by atoms with Gasteiger partial charge in [-0.1, -0.05) is 0 Å². The first-order valence-electron chi connectivity index (χ1n) is 4.55. The molecule has 0 aromatic rings. The molecule has 1 saturated heterocycles. The van der Waals surface area contributed by atoms with Crippen LogP contribution in [0.3, 0.4) is 0 Å². The van der Waals surface area contributed by atoms with E-state index in [9.17, 15) is 0 Å². The summed E-state index contributed by atoms with van der Waals surface area (Å²) in [6, 6.07) is 0. The van der Waals surface area contributed by atoms with Gasteiger partial charge < -0.3 is 9.64 Å². The van der Waals surface area contributed by atoms with E-state index in [-0.39, 0.29) is 0 Å². The van der Waals surface area contributed by atoms with E-state index in [1.54, 1.807) is 0 Å². The lowest BCUT2D eigenvalue weighted by molar-refractivity contribution is 0.00776. The first kappa shape index (κ1) is 9.01. The van der Waals surface area contributed by atoms with Crippen molar-refractivity contribution in [2.24, 2.45) is 0 Å². The molecule has 1 aliphatic rings. The standard InChI is InChI=1S/C9H19NO/c1-10(2)7-6-9-5-3-4-8-11-9/h9H,3-8H2,1-2H3. The summed E-state index contributed by atoms with van der Waals surface area (Å²) in [5.41, 5.74) is 0. The van der Waals surface area contributed by atoms with Gasteiger partial charge in [-0.25, -0.2) is 0 Å². The summed E-state index contributed by atoms with van der Waals surface area (Å²) in [5, 5.41) is 0. The molecule has 0 aliphatic carbocycles. The topological polar surface area (TPSA) is 12.5 Å². The Bertz CT molecular complexity index is 97.7. The summed E-state index contributed by atoms with van der Waals surface area (Å²) >= 11 is 0. The molecule has 0 aromatic heterocycles. The van der Waals surface area contributed by atoms with Gasteiger partial charge in [0.05, 0.1) is 6.10 Å². The van der Waals surface area contributed by atoms with Gasteiger partial charge in [0.2, 0.25) is 0 Å². The molecule has 66 valence electrons. The van der Waals surface area contributed by atoms with Gasteiger partial charge >= 0.3 is 0 Å². The lowest BCUT2D eigenvalue weighted by atomic mass is 10.1. The molecular formula is C9H19NO. The quantitative estimate of drug-likeness (QED) is 0.615. The third-order valence-electron chi connectivity index (χ3n) is 2.17. The second kappa shape index (κ2) is 4.73. The average molecular weight is 157 g/mol. The van der Waals surface area contributed by atoms with Crippen LogP contribution in [-0.4, -0.2) is 38.3 Å². The van der Waals surface area contributed by atoms with E-state index in [1.165, 1.54) is 25.7 Å². The van der Waals surface area contributed by atoms with E-state index < -0.39 is 0 Å². The molecule has 0 aromatic carbocycles. The largest absolute Gasteiger partial charge is 0.378 e. The lowest BCUT2D eigenvalue weighted by Gasteiger charge is -2.23. The first-order chi connectivity index (χ1) is 5.29. The van der Waals surface area contributed by atoms with Gasteiger partial charge in [0.15, 0.2) is 0 Å². The number of ether oxygens (including phenoxy) is 1. The predicted molar refractivity (Wildman–Crippen MR) is 46.8 cm³/mol. The van der Waals surface area contributed by atoms with Crippen LogP contribution in [0.15, 0.2) is 0 Å². The Morgan fingerprint density at radius 3 is 2.73 bits per heavy atom. The monoisotopic (exact) mass is 157 g/mol. The van der Waals surface area contributed by atoms with E-state index in [2.05, 4.69) is 19.0 Å². The highest BCUT2D eigenvalue weighted by Gasteiger charge is 2.12. The highest BCUT2D eigenvalue weighted by atomic mass is 16.5. The lowest BCUT2D eigenvalue weighted by Crippen LogP contribution is -2.24. The van der Waals surface area contributed by atoms with E-state index in [4.69, 9.17) is 4.74 Å². The Labute approximate surface area is 69.5 Å². The van der Waals surface area contributed by atoms with Crippen molar-refractivity contribution >= 4 is 0 Å². The molecule has 0 radical (unpaired) electrons. The fraction of sp³-hybridized carbons (Fsp3) is 1.00. The van der Waals surface area contributed by atoms with Crippen LogP contribution >= 0.6 is 0 Å². The van der Waals surface area contributed by atoms with E-state index >= 15 is 0 Å². The Morgan fingerprint density at radius 2 is 2.18 bits per heavy atom. The van der Waals surface area contributed by atoms with Gasteiger partial charge in [0.1, 0.15) is 0 Å². The number of rotatable bonds is 3. The third kappa shape index (κ3) is 3.73. The van der Waals surface area contributed by atoms with Crippen molar-refractivity contribution < 1.29 is 4.74 Å². The Morgan fingerprint density at radius 1 is 1.36 bits per heavy atom. The molecule has 1 heterocycles. The fourth-order valence-electron chi connectivity index (χ4n) is 1.44. The van der Waals surface area contributed by atoms with Crippen LogP contribution in [0.1, 0.15) is 25.7 Å². The predicted octanol–water partition coefficient (Wildman–Crippen LogP) is 1.51. The minimum atomic E-state index is 0.547. The SMILES string of the molecule is CN(C)CCC1CCCCO1. The van der Waals surface area contributed by atoms with Crippen molar-refractivity contribution in [1.82, 2.24) is 4.90 Å². The molecule has 1 fully saturated rings. The van der Waals surface area contributed by atoms with Crippen molar-refractivity contribution in [2.75, 3.05) is 27.2 Å². The Balaban J connectivity index is 2.05. The van der Waals surface area contributed by atoms with Crippen molar-refractivity contribution in [3.05, 3.63) is 0 Å². The molecule has 1 rings (SSSR count). The molecule has 0 N–H and O–H groups in total. The normalized spacial score (nSPS) is 25.9. The van der Waals surface area contributed by atoms with Gasteiger partial charge in [-0.3, -0.25) is 0 Å². The van der Waals surface area contributed by atoms with Crippen LogP contribution in [0.4, 0.5) is 0 Å². The van der Waals surface area contributed by atoms with Gasteiger partial charge in [0.25, 0.3) is 0 Å². The number of hydrogen-bond acceptors (Lipinski definition) is 2. The number of hydrogen-bond donors (Lipinski definition) is 0. The van der Waals surface area contributed by atoms with E-state index in [1.807, 2.05) is 0 Å². The summed E-state index contributed by atoms with van der Waals surface area (Å²) in [6.45, 7) is 2.14. The first-order valence-corrected chi connectivity index (χ1v) is 4.55. The van der Waals surface area contributed by atoms with Gasteiger partial charge in [-0.05, 0) is 46.3 Å². The van der Waals surface area contributed by atoms with Crippen LogP contribution in [0.25, 0.3) is 0 Å². The molecule has 0 bridgehead atoms. The fourth-order valence-corrected chi connectivity index (χ4v) is 1.44. The van der Waals surface area contributed by atoms with E-state index in [0.717, 1.165) is 13.2 Å².